The van der Waals surface area contributed by atoms with Gasteiger partial charge in [0.25, 0.3) is 0 Å². The van der Waals surface area contributed by atoms with Crippen molar-refractivity contribution in [2.24, 2.45) is 0 Å². The van der Waals surface area contributed by atoms with Gasteiger partial charge in [0.2, 0.25) is 0 Å². The van der Waals surface area contributed by atoms with Crippen LogP contribution in [-0.2, 0) is 0 Å². The minimum absolute atomic E-state index is 0. The molecule has 0 aliphatic carbocycles. The maximum absolute atomic E-state index is 12.8. The molecule has 0 saturated carbocycles. The van der Waals surface area contributed by atoms with Crippen molar-refractivity contribution < 1.29 is 45.3 Å². The van der Waals surface area contributed by atoms with E-state index in [1.807, 2.05) is 0 Å². The molecule has 0 amide bonds. The maximum atomic E-state index is 12.8. The van der Waals surface area contributed by atoms with Gasteiger partial charge in [-0.15, -0.1) is 0 Å². The Balaban J connectivity index is 0. The number of halogens is 3. The van der Waals surface area contributed by atoms with Crippen molar-refractivity contribution in [2.45, 2.75) is 0 Å². The fourth-order valence-corrected chi connectivity index (χ4v) is 1.14. The summed E-state index contributed by atoms with van der Waals surface area (Å²) in [6.45, 7) is 0. The number of hydrogen-bond donors (Lipinski definition) is 1. The first-order valence-corrected chi connectivity index (χ1v) is 3.66. The molecule has 0 bridgehead atoms. The molecule has 6 heteroatoms. The second-order valence-electron chi connectivity index (χ2n) is 2.03. The third-order valence-electron chi connectivity index (χ3n) is 1.27. The van der Waals surface area contributed by atoms with Gasteiger partial charge in [0.15, 0.2) is 5.82 Å². The largest absolute Gasteiger partial charge is 1.00 e. The molecule has 13 heavy (non-hydrogen) atoms. The molecule has 1 aromatic carbocycles. The van der Waals surface area contributed by atoms with Gasteiger partial charge in [0.05, 0.1) is 15.6 Å². The van der Waals surface area contributed by atoms with Crippen LogP contribution in [0.3, 0.4) is 0 Å². The van der Waals surface area contributed by atoms with Gasteiger partial charge in [0.1, 0.15) is 0 Å². The normalized spacial score (nSPS) is 9.15. The van der Waals surface area contributed by atoms with Gasteiger partial charge in [-0.3, -0.25) is 0 Å². The number of aromatic carboxylic acids is 1. The van der Waals surface area contributed by atoms with E-state index in [1.165, 1.54) is 0 Å². The molecule has 1 rings (SSSR count). The van der Waals surface area contributed by atoms with Crippen molar-refractivity contribution >= 4 is 29.2 Å². The molecule has 0 saturated heterocycles. The number of carbonyl (C=O) groups is 1. The maximum Gasteiger partial charge on any atom is 1.00 e. The van der Waals surface area contributed by atoms with Crippen LogP contribution in [0.15, 0.2) is 12.1 Å². The van der Waals surface area contributed by atoms with E-state index in [4.69, 9.17) is 28.3 Å². The van der Waals surface area contributed by atoms with E-state index in [2.05, 4.69) is 0 Å². The molecule has 0 aliphatic rings. The summed E-state index contributed by atoms with van der Waals surface area (Å²) in [5, 5.41) is 7.83. The quantitative estimate of drug-likeness (QED) is 0.545. The van der Waals surface area contributed by atoms with Crippen molar-refractivity contribution in [1.82, 2.24) is 0 Å². The Bertz CT molecular complexity index is 349. The van der Waals surface area contributed by atoms with Crippen LogP contribution in [0.2, 0.25) is 10.0 Å². The van der Waals surface area contributed by atoms with Gasteiger partial charge in [0, 0.05) is 0 Å². The molecule has 1 aromatic rings. The smallest absolute Gasteiger partial charge is 1.00 e. The minimum Gasteiger partial charge on any atom is -1.00 e. The number of carboxylic acids is 1. The fraction of sp³-hybridized carbons (Fsp3) is 0. The average molecular weight is 233 g/mol. The van der Waals surface area contributed by atoms with Crippen molar-refractivity contribution in [1.29, 1.82) is 0 Å². The van der Waals surface area contributed by atoms with Crippen molar-refractivity contribution in [3.63, 3.8) is 0 Å². The molecule has 1 N–H and O–H groups in total. The van der Waals surface area contributed by atoms with E-state index in [1.54, 1.807) is 0 Å². The molecular weight excluding hydrogens is 229 g/mol. The Morgan fingerprint density at radius 1 is 1.46 bits per heavy atom. The molecule has 66 valence electrons. The van der Waals surface area contributed by atoms with Crippen LogP contribution in [0, 0.1) is 5.82 Å². The van der Waals surface area contributed by atoms with E-state index in [-0.39, 0.29) is 41.6 Å². The van der Waals surface area contributed by atoms with Crippen LogP contribution in [0.4, 0.5) is 4.39 Å². The van der Waals surface area contributed by atoms with Crippen LogP contribution < -0.4 is 29.6 Å². The first-order chi connectivity index (χ1) is 5.54. The molecule has 0 radical (unpaired) electrons. The van der Waals surface area contributed by atoms with E-state index in [0.717, 1.165) is 12.1 Å². The van der Waals surface area contributed by atoms with Gasteiger partial charge in [-0.1, -0.05) is 23.2 Å². The topological polar surface area (TPSA) is 37.3 Å². The summed E-state index contributed by atoms with van der Waals surface area (Å²) < 4.78 is 12.8. The van der Waals surface area contributed by atoms with Crippen molar-refractivity contribution in [2.75, 3.05) is 0 Å². The van der Waals surface area contributed by atoms with Crippen LogP contribution in [0.1, 0.15) is 11.8 Å². The van der Waals surface area contributed by atoms with Crippen LogP contribution in [-0.4, -0.2) is 11.1 Å². The second kappa shape index (κ2) is 5.17. The summed E-state index contributed by atoms with van der Waals surface area (Å²) in [5.74, 6) is -2.19. The Morgan fingerprint density at radius 2 is 2.00 bits per heavy atom. The van der Waals surface area contributed by atoms with Crippen LogP contribution in [0.5, 0.6) is 0 Å². The Labute approximate surface area is 107 Å². The van der Waals surface area contributed by atoms with Crippen molar-refractivity contribution in [3.05, 3.63) is 33.6 Å². The molecular formula is C7H4Cl2FNaO2. The summed E-state index contributed by atoms with van der Waals surface area (Å²) in [4.78, 5) is 10.4. The van der Waals surface area contributed by atoms with Gasteiger partial charge < -0.3 is 6.53 Å². The predicted octanol–water partition coefficient (Wildman–Crippen LogP) is -0.0528. The third kappa shape index (κ3) is 2.82. The minimum atomic E-state index is -1.28. The van der Waals surface area contributed by atoms with Gasteiger partial charge in [-0.05, 0) is 12.1 Å². The molecule has 0 fully saturated rings. The number of hydrogen-bond acceptors (Lipinski definition) is 1. The molecule has 0 aromatic heterocycles. The summed E-state index contributed by atoms with van der Waals surface area (Å²) >= 11 is 10.7. The van der Waals surface area contributed by atoms with E-state index in [0.29, 0.717) is 0 Å². The van der Waals surface area contributed by atoms with Gasteiger partial charge in [-0.2, -0.15) is 0 Å². The zero-order valence-corrected chi connectivity index (χ0v) is 10.2. The van der Waals surface area contributed by atoms with Crippen LogP contribution >= 0.6 is 23.2 Å². The van der Waals surface area contributed by atoms with Gasteiger partial charge >= 0.3 is 35.5 Å². The van der Waals surface area contributed by atoms with Gasteiger partial charge in [-0.25, -0.2) is 9.18 Å². The molecule has 0 heterocycles. The second-order valence-corrected chi connectivity index (χ2v) is 2.81. The first-order valence-electron chi connectivity index (χ1n) is 2.91. The van der Waals surface area contributed by atoms with Crippen molar-refractivity contribution in [3.8, 4) is 0 Å². The third-order valence-corrected chi connectivity index (χ3v) is 1.93. The standard InChI is InChI=1S/C7H3Cl2FO2.Na.H/c8-4-2-1-3(7(11)12)5(9)6(4)10;;/h1-2H,(H,11,12);;/q;+1;-1. The zero-order chi connectivity index (χ0) is 9.30. The first kappa shape index (κ1) is 13.2. The molecule has 0 unspecified atom stereocenters. The monoisotopic (exact) mass is 232 g/mol. The molecule has 2 nitrogen and oxygen atoms in total. The Kier molecular flexibility index (Phi) is 5.25. The number of benzene rings is 1. The van der Waals surface area contributed by atoms with E-state index < -0.39 is 16.8 Å². The summed E-state index contributed by atoms with van der Waals surface area (Å²) in [7, 11) is 0. The van der Waals surface area contributed by atoms with E-state index >= 15 is 0 Å². The molecule has 0 aliphatic heterocycles. The Hall–Kier alpha value is 0.200. The van der Waals surface area contributed by atoms with E-state index in [9.17, 15) is 9.18 Å². The number of rotatable bonds is 1. The number of carboxylic acid groups (broad SMARTS) is 1. The molecule has 0 spiro atoms. The summed E-state index contributed by atoms with van der Waals surface area (Å²) in [6, 6.07) is 2.29. The Morgan fingerprint density at radius 3 is 2.46 bits per heavy atom. The summed E-state index contributed by atoms with van der Waals surface area (Å²) in [6.07, 6.45) is 0. The molecule has 0 atom stereocenters. The SMILES string of the molecule is O=C(O)c1ccc(Cl)c(F)c1Cl.[H-].[Na+]. The fourth-order valence-electron chi connectivity index (χ4n) is 0.691. The average Bonchev–Trinajstić information content (AvgIpc) is 2.00. The summed E-state index contributed by atoms with van der Waals surface area (Å²) in [5.41, 5.74) is -0.293. The zero-order valence-electron chi connectivity index (χ0n) is 7.64. The van der Waals surface area contributed by atoms with Crippen LogP contribution in [0.25, 0.3) is 0 Å². The predicted molar refractivity (Wildman–Crippen MR) is 44.5 cm³/mol.